The summed E-state index contributed by atoms with van der Waals surface area (Å²) >= 11 is 0. The van der Waals surface area contributed by atoms with Crippen molar-refractivity contribution in [3.63, 3.8) is 0 Å². The second kappa shape index (κ2) is 14.5. The van der Waals surface area contributed by atoms with E-state index >= 15 is 0 Å². The quantitative estimate of drug-likeness (QED) is 0.204. The molecule has 50 heavy (non-hydrogen) atoms. The molecule has 3 N–H and O–H groups in total. The predicted octanol–water partition coefficient (Wildman–Crippen LogP) is 4.32. The van der Waals surface area contributed by atoms with Gasteiger partial charge in [-0.05, 0) is 82.2 Å². The molecule has 4 aromatic rings. The van der Waals surface area contributed by atoms with E-state index in [-0.39, 0.29) is 5.25 Å². The molecule has 12 nitrogen and oxygen atoms in total. The Bertz CT molecular complexity index is 1960. The summed E-state index contributed by atoms with van der Waals surface area (Å²) in [6.07, 6.45) is 11.1. The van der Waals surface area contributed by atoms with Gasteiger partial charge in [-0.25, -0.2) is 23.4 Å². The first kappa shape index (κ1) is 34.1. The number of aliphatic hydroxyl groups is 1. The van der Waals surface area contributed by atoms with Gasteiger partial charge in [0.15, 0.2) is 5.82 Å². The SMILES string of the molecule is CN1CCN(Cc2ccc(C#Cc3cnc(Nc4ccnc(-c5cnn(S(=O)(=O)C6CC6)c5)n4)cc3NCC3CCC(C)(O)CC3)cc2)CC1. The number of benzene rings is 1. The maximum Gasteiger partial charge on any atom is 0.256 e. The average molecular weight is 696 g/mol. The van der Waals surface area contributed by atoms with E-state index in [1.807, 2.05) is 13.0 Å². The maximum absolute atomic E-state index is 12.6. The van der Waals surface area contributed by atoms with Crippen LogP contribution in [0.4, 0.5) is 17.3 Å². The smallest absolute Gasteiger partial charge is 0.256 e. The first-order valence-corrected chi connectivity index (χ1v) is 19.0. The highest BCUT2D eigenvalue weighted by Crippen LogP contribution is 2.33. The standard InChI is InChI=1S/C37H45N9O3S/c1-37(47)14-11-28(12-15-37)22-39-33-21-35(42-34-13-16-38-36(43-34)31-24-41-46(26-31)50(48,49)32-9-10-32)40-23-30(33)8-7-27-3-5-29(6-4-27)25-45-19-17-44(2)18-20-45/h3-6,13,16,21,23-24,26,28,32,47H,9-12,14-15,17-20,22,25H2,1-2H3,(H2,38,39,40,42,43). The summed E-state index contributed by atoms with van der Waals surface area (Å²) in [4.78, 5) is 18.5. The molecule has 7 rings (SSSR count). The van der Waals surface area contributed by atoms with Crippen molar-refractivity contribution in [3.8, 4) is 23.2 Å². The first-order chi connectivity index (χ1) is 24.1. The van der Waals surface area contributed by atoms with Crippen LogP contribution in [-0.2, 0) is 16.6 Å². The molecule has 1 aromatic carbocycles. The summed E-state index contributed by atoms with van der Waals surface area (Å²) < 4.78 is 26.3. The van der Waals surface area contributed by atoms with E-state index < -0.39 is 15.6 Å². The number of nitrogens with one attached hydrogen (secondary N) is 2. The Morgan fingerprint density at radius 2 is 1.72 bits per heavy atom. The molecule has 2 saturated carbocycles. The van der Waals surface area contributed by atoms with Gasteiger partial charge in [-0.15, -0.1) is 0 Å². The zero-order valence-electron chi connectivity index (χ0n) is 28.7. The monoisotopic (exact) mass is 695 g/mol. The second-order valence-electron chi connectivity index (χ2n) is 14.2. The van der Waals surface area contributed by atoms with Crippen LogP contribution in [0.15, 0.2) is 61.2 Å². The van der Waals surface area contributed by atoms with E-state index in [1.54, 1.807) is 18.5 Å². The zero-order valence-corrected chi connectivity index (χ0v) is 29.5. The van der Waals surface area contributed by atoms with E-state index in [0.717, 1.165) is 85.9 Å². The number of piperazine rings is 1. The van der Waals surface area contributed by atoms with Crippen molar-refractivity contribution in [2.45, 2.75) is 62.8 Å². The summed E-state index contributed by atoms with van der Waals surface area (Å²) in [5.41, 5.74) is 3.80. The molecule has 0 amide bonds. The van der Waals surface area contributed by atoms with Crippen molar-refractivity contribution in [2.24, 2.45) is 5.92 Å². The zero-order chi connectivity index (χ0) is 34.7. The van der Waals surface area contributed by atoms with E-state index in [2.05, 4.69) is 83.6 Å². The van der Waals surface area contributed by atoms with Gasteiger partial charge in [0.25, 0.3) is 10.0 Å². The van der Waals surface area contributed by atoms with Crippen molar-refractivity contribution in [1.29, 1.82) is 0 Å². The maximum atomic E-state index is 12.6. The van der Waals surface area contributed by atoms with Crippen LogP contribution in [0, 0.1) is 17.8 Å². The third-order valence-corrected chi connectivity index (χ3v) is 11.9. The third-order valence-electron chi connectivity index (χ3n) is 9.90. The van der Waals surface area contributed by atoms with Gasteiger partial charge in [0.2, 0.25) is 0 Å². The van der Waals surface area contributed by atoms with Crippen molar-refractivity contribution in [2.75, 3.05) is 50.4 Å². The minimum atomic E-state index is -3.48. The fourth-order valence-corrected chi connectivity index (χ4v) is 7.88. The van der Waals surface area contributed by atoms with Gasteiger partial charge in [0.1, 0.15) is 11.6 Å². The van der Waals surface area contributed by atoms with E-state index in [1.165, 1.54) is 18.0 Å². The molecule has 3 aromatic heterocycles. The van der Waals surface area contributed by atoms with Crippen molar-refractivity contribution >= 4 is 27.3 Å². The first-order valence-electron chi connectivity index (χ1n) is 17.5. The van der Waals surface area contributed by atoms with Gasteiger partial charge in [-0.1, -0.05) is 24.0 Å². The molecule has 0 bridgehead atoms. The molecular formula is C37H45N9O3S. The highest BCUT2D eigenvalue weighted by molar-refractivity contribution is 7.90. The molecule has 1 aliphatic heterocycles. The molecule has 262 valence electrons. The number of anilines is 3. The molecule has 3 aliphatic rings. The van der Waals surface area contributed by atoms with Crippen molar-refractivity contribution < 1.29 is 13.5 Å². The van der Waals surface area contributed by atoms with Crippen molar-refractivity contribution in [3.05, 3.63) is 77.9 Å². The van der Waals surface area contributed by atoms with Crippen molar-refractivity contribution in [1.82, 2.24) is 33.9 Å². The van der Waals surface area contributed by atoms with Gasteiger partial charge in [-0.2, -0.15) is 9.19 Å². The van der Waals surface area contributed by atoms with Crippen LogP contribution in [0.5, 0.6) is 0 Å². The number of aromatic nitrogens is 5. The van der Waals surface area contributed by atoms with Gasteiger partial charge >= 0.3 is 0 Å². The number of hydrogen-bond acceptors (Lipinski definition) is 11. The fourth-order valence-electron chi connectivity index (χ4n) is 6.40. The van der Waals surface area contributed by atoms with Crippen LogP contribution in [0.3, 0.4) is 0 Å². The van der Waals surface area contributed by atoms with E-state index in [4.69, 9.17) is 0 Å². The summed E-state index contributed by atoms with van der Waals surface area (Å²) in [6, 6.07) is 12.2. The van der Waals surface area contributed by atoms with Crippen LogP contribution < -0.4 is 10.6 Å². The minimum absolute atomic E-state index is 0.357. The topological polar surface area (TPSA) is 141 Å². The molecular weight excluding hydrogens is 651 g/mol. The lowest BCUT2D eigenvalue weighted by atomic mass is 9.80. The molecule has 0 radical (unpaired) electrons. The Kier molecular flexibility index (Phi) is 9.88. The summed E-state index contributed by atoms with van der Waals surface area (Å²) in [7, 11) is -1.31. The average Bonchev–Trinajstić information content (AvgIpc) is 3.86. The fraction of sp³-hybridized carbons (Fsp3) is 0.459. The molecule has 3 fully saturated rings. The Morgan fingerprint density at radius 3 is 2.46 bits per heavy atom. The lowest BCUT2D eigenvalue weighted by molar-refractivity contribution is 0.00976. The lowest BCUT2D eigenvalue weighted by Crippen LogP contribution is -2.43. The van der Waals surface area contributed by atoms with E-state index in [0.29, 0.717) is 41.8 Å². The Balaban J connectivity index is 1.07. The number of hydrogen-bond donors (Lipinski definition) is 3. The molecule has 0 spiro atoms. The molecule has 2 aliphatic carbocycles. The van der Waals surface area contributed by atoms with Crippen LogP contribution in [0.1, 0.15) is 62.1 Å². The van der Waals surface area contributed by atoms with Gasteiger partial charge in [0, 0.05) is 63.3 Å². The highest BCUT2D eigenvalue weighted by atomic mass is 32.2. The largest absolute Gasteiger partial charge is 0.390 e. The highest BCUT2D eigenvalue weighted by Gasteiger charge is 2.37. The summed E-state index contributed by atoms with van der Waals surface area (Å²) in [5, 5.41) is 21.0. The van der Waals surface area contributed by atoms with Gasteiger partial charge in [-0.3, -0.25) is 4.90 Å². The molecule has 1 saturated heterocycles. The Hall–Kier alpha value is -4.35. The van der Waals surface area contributed by atoms with Gasteiger partial charge in [0.05, 0.1) is 40.1 Å². The summed E-state index contributed by atoms with van der Waals surface area (Å²) in [5.74, 6) is 8.56. The number of rotatable bonds is 10. The predicted molar refractivity (Wildman–Crippen MR) is 194 cm³/mol. The number of pyridine rings is 1. The lowest BCUT2D eigenvalue weighted by Gasteiger charge is -2.33. The normalized spacial score (nSPS) is 21.7. The molecule has 13 heteroatoms. The van der Waals surface area contributed by atoms with E-state index in [9.17, 15) is 13.5 Å². The van der Waals surface area contributed by atoms with Crippen LogP contribution in [0.25, 0.3) is 11.4 Å². The molecule has 0 atom stereocenters. The molecule has 0 unspecified atom stereocenters. The summed E-state index contributed by atoms with van der Waals surface area (Å²) in [6.45, 7) is 8.01. The van der Waals surface area contributed by atoms with Crippen LogP contribution >= 0.6 is 0 Å². The Labute approximate surface area is 294 Å². The molecule has 4 heterocycles. The van der Waals surface area contributed by atoms with Gasteiger partial charge < -0.3 is 20.6 Å². The second-order valence-corrected chi connectivity index (χ2v) is 16.3. The number of nitrogens with zero attached hydrogens (tertiary/aromatic N) is 7. The van der Waals surface area contributed by atoms with Crippen LogP contribution in [0.2, 0.25) is 0 Å². The minimum Gasteiger partial charge on any atom is -0.390 e. The Morgan fingerprint density at radius 1 is 0.960 bits per heavy atom. The van der Waals surface area contributed by atoms with Crippen LogP contribution in [-0.4, -0.2) is 98.1 Å². The number of likely N-dealkylation sites (N-methyl/N-ethyl adjacent to an activating group) is 1. The third kappa shape index (κ3) is 8.50.